The van der Waals surface area contributed by atoms with E-state index in [1.54, 1.807) is 18.6 Å². The van der Waals surface area contributed by atoms with Crippen molar-refractivity contribution in [1.29, 1.82) is 0 Å². The minimum absolute atomic E-state index is 0.115. The number of rotatable bonds is 10. The molecule has 11 heteroatoms. The van der Waals surface area contributed by atoms with Crippen molar-refractivity contribution in [3.05, 3.63) is 47.1 Å². The van der Waals surface area contributed by atoms with E-state index in [1.807, 2.05) is 42.7 Å². The van der Waals surface area contributed by atoms with E-state index in [1.165, 1.54) is 30.2 Å². The fourth-order valence-electron chi connectivity index (χ4n) is 2.89. The van der Waals surface area contributed by atoms with Crippen LogP contribution < -0.4 is 14.8 Å². The van der Waals surface area contributed by atoms with Gasteiger partial charge in [-0.15, -0.1) is 21.5 Å². The number of nitrogens with one attached hydrogen (secondary N) is 1. The minimum atomic E-state index is -0.490. The third kappa shape index (κ3) is 5.60. The van der Waals surface area contributed by atoms with Crippen LogP contribution in [0.25, 0.3) is 0 Å². The number of thiophene rings is 1. The molecule has 9 nitrogen and oxygen atoms in total. The Labute approximate surface area is 194 Å². The first kappa shape index (κ1) is 23.6. The lowest BCUT2D eigenvalue weighted by atomic mass is 10.3. The molecule has 0 saturated heterocycles. The quantitative estimate of drug-likeness (QED) is 0.346. The molecule has 0 aliphatic rings. The lowest BCUT2D eigenvalue weighted by molar-refractivity contribution is -0.113. The molecule has 0 bridgehead atoms. The van der Waals surface area contributed by atoms with Crippen molar-refractivity contribution in [2.45, 2.75) is 31.7 Å². The van der Waals surface area contributed by atoms with Crippen LogP contribution in [0, 0.1) is 0 Å². The number of hydrogen-bond acceptors (Lipinski definition) is 9. The van der Waals surface area contributed by atoms with Crippen LogP contribution in [-0.2, 0) is 16.1 Å². The van der Waals surface area contributed by atoms with Crippen molar-refractivity contribution in [1.82, 2.24) is 14.8 Å². The molecule has 0 saturated carbocycles. The van der Waals surface area contributed by atoms with Gasteiger partial charge >= 0.3 is 5.97 Å². The SMILES string of the molecule is CCn1c(SCC(=O)Nc2sccc2C(=O)OC)nnc1C(C)Oc1ccc(OC)cc1. The van der Waals surface area contributed by atoms with Crippen LogP contribution in [0.15, 0.2) is 40.9 Å². The zero-order valence-electron chi connectivity index (χ0n) is 18.2. The van der Waals surface area contributed by atoms with Crippen LogP contribution in [0.4, 0.5) is 5.00 Å². The Morgan fingerprint density at radius 3 is 2.53 bits per heavy atom. The van der Waals surface area contributed by atoms with Crippen molar-refractivity contribution in [3.8, 4) is 11.5 Å². The number of esters is 1. The molecule has 32 heavy (non-hydrogen) atoms. The Kier molecular flexibility index (Phi) is 8.12. The highest BCUT2D eigenvalue weighted by Crippen LogP contribution is 2.27. The van der Waals surface area contributed by atoms with Crippen LogP contribution in [0.3, 0.4) is 0 Å². The van der Waals surface area contributed by atoms with Gasteiger partial charge in [-0.25, -0.2) is 4.79 Å². The van der Waals surface area contributed by atoms with Crippen LogP contribution in [0.1, 0.15) is 36.1 Å². The molecule has 0 spiro atoms. The highest BCUT2D eigenvalue weighted by atomic mass is 32.2. The molecular weight excluding hydrogens is 452 g/mol. The van der Waals surface area contributed by atoms with E-state index in [4.69, 9.17) is 14.2 Å². The molecule has 170 valence electrons. The summed E-state index contributed by atoms with van der Waals surface area (Å²) in [6.07, 6.45) is -0.340. The average molecular weight is 477 g/mol. The topological polar surface area (TPSA) is 105 Å². The molecule has 1 aromatic carbocycles. The fraction of sp³-hybridized carbons (Fsp3) is 0.333. The number of carbonyl (C=O) groups excluding carboxylic acids is 2. The van der Waals surface area contributed by atoms with Crippen molar-refractivity contribution in [3.63, 3.8) is 0 Å². The number of carbonyl (C=O) groups is 2. The predicted molar refractivity (Wildman–Crippen MR) is 123 cm³/mol. The molecule has 1 amide bonds. The second kappa shape index (κ2) is 11.0. The number of anilines is 1. The van der Waals surface area contributed by atoms with Gasteiger partial charge in [-0.2, -0.15) is 0 Å². The Morgan fingerprint density at radius 1 is 1.16 bits per heavy atom. The average Bonchev–Trinajstić information content (AvgIpc) is 3.44. The highest BCUT2D eigenvalue weighted by molar-refractivity contribution is 7.99. The Bertz CT molecular complexity index is 1060. The molecule has 3 aromatic rings. The highest BCUT2D eigenvalue weighted by Gasteiger charge is 2.20. The lowest BCUT2D eigenvalue weighted by Gasteiger charge is -2.15. The summed E-state index contributed by atoms with van der Waals surface area (Å²) in [7, 11) is 2.91. The Morgan fingerprint density at radius 2 is 1.88 bits per heavy atom. The molecule has 2 aromatic heterocycles. The van der Waals surface area contributed by atoms with Gasteiger partial charge in [-0.05, 0) is 49.6 Å². The van der Waals surface area contributed by atoms with Gasteiger partial charge in [0.2, 0.25) is 5.91 Å². The number of hydrogen-bond donors (Lipinski definition) is 1. The van der Waals surface area contributed by atoms with Crippen molar-refractivity contribution in [2.75, 3.05) is 25.3 Å². The first-order valence-corrected chi connectivity index (χ1v) is 11.7. The normalized spacial score (nSPS) is 11.6. The van der Waals surface area contributed by atoms with Gasteiger partial charge in [0.15, 0.2) is 17.1 Å². The number of nitrogens with zero attached hydrogens (tertiary/aromatic N) is 3. The zero-order chi connectivity index (χ0) is 23.1. The number of thioether (sulfide) groups is 1. The smallest absolute Gasteiger partial charge is 0.340 e. The van der Waals surface area contributed by atoms with Crippen LogP contribution in [0.2, 0.25) is 0 Å². The maximum absolute atomic E-state index is 12.4. The van der Waals surface area contributed by atoms with Crippen LogP contribution >= 0.6 is 23.1 Å². The molecule has 1 unspecified atom stereocenters. The molecule has 3 rings (SSSR count). The van der Waals surface area contributed by atoms with Gasteiger partial charge in [0.25, 0.3) is 0 Å². The molecule has 2 heterocycles. The number of amides is 1. The first-order valence-electron chi connectivity index (χ1n) is 9.79. The molecular formula is C21H24N4O5S2. The van der Waals surface area contributed by atoms with E-state index in [9.17, 15) is 9.59 Å². The van der Waals surface area contributed by atoms with E-state index >= 15 is 0 Å². The van der Waals surface area contributed by atoms with Crippen LogP contribution in [0.5, 0.6) is 11.5 Å². The molecule has 0 fully saturated rings. The van der Waals surface area contributed by atoms with Gasteiger partial charge in [0.05, 0.1) is 25.5 Å². The van der Waals surface area contributed by atoms with Gasteiger partial charge in [-0.3, -0.25) is 4.79 Å². The number of ether oxygens (including phenoxy) is 3. The van der Waals surface area contributed by atoms with E-state index in [0.29, 0.717) is 33.8 Å². The third-order valence-corrected chi connectivity index (χ3v) is 6.25. The Hall–Kier alpha value is -3.05. The van der Waals surface area contributed by atoms with Gasteiger partial charge in [0.1, 0.15) is 16.5 Å². The minimum Gasteiger partial charge on any atom is -0.497 e. The third-order valence-electron chi connectivity index (χ3n) is 4.45. The predicted octanol–water partition coefficient (Wildman–Crippen LogP) is 4.03. The van der Waals surface area contributed by atoms with Crippen molar-refractivity contribution < 1.29 is 23.8 Å². The number of benzene rings is 1. The van der Waals surface area contributed by atoms with Crippen molar-refractivity contribution >= 4 is 40.0 Å². The summed E-state index contributed by atoms with van der Waals surface area (Å²) in [5, 5.41) is 14.0. The van der Waals surface area contributed by atoms with Gasteiger partial charge in [0, 0.05) is 6.54 Å². The summed E-state index contributed by atoms with van der Waals surface area (Å²) in [5.74, 6) is 1.48. The molecule has 1 atom stereocenters. The molecule has 0 aliphatic carbocycles. The maximum Gasteiger partial charge on any atom is 0.340 e. The van der Waals surface area contributed by atoms with E-state index in [2.05, 4.69) is 15.5 Å². The van der Waals surface area contributed by atoms with E-state index in [0.717, 1.165) is 5.75 Å². The summed E-state index contributed by atoms with van der Waals surface area (Å²) in [4.78, 5) is 24.2. The second-order valence-corrected chi connectivity index (χ2v) is 8.37. The summed E-state index contributed by atoms with van der Waals surface area (Å²) in [6, 6.07) is 8.92. The first-order chi connectivity index (χ1) is 15.5. The second-order valence-electron chi connectivity index (χ2n) is 6.51. The monoisotopic (exact) mass is 476 g/mol. The Balaban J connectivity index is 1.62. The number of aromatic nitrogens is 3. The van der Waals surface area contributed by atoms with E-state index < -0.39 is 5.97 Å². The van der Waals surface area contributed by atoms with Gasteiger partial charge < -0.3 is 24.1 Å². The fourth-order valence-corrected chi connectivity index (χ4v) is 4.49. The largest absolute Gasteiger partial charge is 0.497 e. The summed E-state index contributed by atoms with van der Waals surface area (Å²) >= 11 is 2.53. The standard InChI is InChI=1S/C21H24N4O5S2/c1-5-25-18(13(2)30-15-8-6-14(28-3)7-9-15)23-24-21(25)32-12-17(26)22-19-16(10-11-31-19)20(27)29-4/h6-11,13H,5,12H2,1-4H3,(H,22,26). The number of methoxy groups -OCH3 is 2. The van der Waals surface area contributed by atoms with Crippen LogP contribution in [-0.4, -0.2) is 46.6 Å². The lowest BCUT2D eigenvalue weighted by Crippen LogP contribution is -2.16. The zero-order valence-corrected chi connectivity index (χ0v) is 19.8. The molecule has 1 N–H and O–H groups in total. The van der Waals surface area contributed by atoms with Crippen molar-refractivity contribution in [2.24, 2.45) is 0 Å². The summed E-state index contributed by atoms with van der Waals surface area (Å²) < 4.78 is 17.8. The van der Waals surface area contributed by atoms with E-state index in [-0.39, 0.29) is 17.8 Å². The maximum atomic E-state index is 12.4. The molecule has 0 radical (unpaired) electrons. The summed E-state index contributed by atoms with van der Waals surface area (Å²) in [5.41, 5.74) is 0.333. The molecule has 0 aliphatic heterocycles. The summed E-state index contributed by atoms with van der Waals surface area (Å²) in [6.45, 7) is 4.50. The van der Waals surface area contributed by atoms with Gasteiger partial charge in [-0.1, -0.05) is 11.8 Å².